The van der Waals surface area contributed by atoms with Gasteiger partial charge in [0.15, 0.2) is 0 Å². The Hall–Kier alpha value is -0.880. The molecule has 0 aliphatic carbocycles. The van der Waals surface area contributed by atoms with Gasteiger partial charge in [-0.1, -0.05) is 6.92 Å². The monoisotopic (exact) mass is 152 g/mol. The molecule has 1 aromatic rings. The summed E-state index contributed by atoms with van der Waals surface area (Å²) < 4.78 is 0. The van der Waals surface area contributed by atoms with Crippen molar-refractivity contribution in [1.29, 1.82) is 5.26 Å². The Kier molecular flexibility index (Phi) is 2.03. The number of aryl methyl sites for hydroxylation is 2. The number of nitriles is 1. The molecule has 0 saturated carbocycles. The molecule has 3 heteroatoms. The molecule has 0 aromatic carbocycles. The van der Waals surface area contributed by atoms with E-state index >= 15 is 0 Å². The third-order valence-electron chi connectivity index (χ3n) is 1.24. The average Bonchev–Trinajstić information content (AvgIpc) is 2.30. The highest BCUT2D eigenvalue weighted by Gasteiger charge is 2.03. The average molecular weight is 152 g/mol. The Bertz CT molecular complexity index is 270. The van der Waals surface area contributed by atoms with Gasteiger partial charge in [0.25, 0.3) is 0 Å². The molecule has 0 saturated heterocycles. The number of hydrogen-bond donors (Lipinski definition) is 0. The van der Waals surface area contributed by atoms with Crippen LogP contribution in [-0.2, 0) is 6.42 Å². The number of rotatable bonds is 1. The van der Waals surface area contributed by atoms with Crippen LogP contribution in [0.5, 0.6) is 0 Å². The Balaban J connectivity index is 3.07. The van der Waals surface area contributed by atoms with Crippen molar-refractivity contribution >= 4 is 11.3 Å². The molecule has 10 heavy (non-hydrogen) atoms. The third-order valence-corrected chi connectivity index (χ3v) is 2.45. The molecule has 0 unspecified atom stereocenters. The van der Waals surface area contributed by atoms with E-state index < -0.39 is 0 Å². The maximum atomic E-state index is 8.55. The van der Waals surface area contributed by atoms with Gasteiger partial charge in [0.1, 0.15) is 10.9 Å². The van der Waals surface area contributed by atoms with E-state index in [4.69, 9.17) is 5.26 Å². The first-order valence-electron chi connectivity index (χ1n) is 3.14. The number of aromatic nitrogens is 1. The summed E-state index contributed by atoms with van der Waals surface area (Å²) in [5.74, 6) is 0. The lowest BCUT2D eigenvalue weighted by atomic mass is 10.4. The fourth-order valence-electron chi connectivity index (χ4n) is 0.707. The van der Waals surface area contributed by atoms with Gasteiger partial charge in [-0.3, -0.25) is 0 Å². The quantitative estimate of drug-likeness (QED) is 0.616. The SMILES string of the molecule is CCc1nc(C)c(C#N)s1. The summed E-state index contributed by atoms with van der Waals surface area (Å²) in [5, 5.41) is 9.60. The molecule has 0 bridgehead atoms. The van der Waals surface area contributed by atoms with Crippen LogP contribution in [-0.4, -0.2) is 4.98 Å². The van der Waals surface area contributed by atoms with E-state index in [1.807, 2.05) is 13.8 Å². The standard InChI is InChI=1S/C7H8N2S/c1-3-7-9-5(2)6(4-8)10-7/h3H2,1-2H3. The minimum absolute atomic E-state index is 0.747. The summed E-state index contributed by atoms with van der Waals surface area (Å²) >= 11 is 1.49. The van der Waals surface area contributed by atoms with Crippen LogP contribution in [0.1, 0.15) is 22.5 Å². The van der Waals surface area contributed by atoms with Gasteiger partial charge in [-0.2, -0.15) is 5.26 Å². The molecular formula is C7H8N2S. The summed E-state index contributed by atoms with van der Waals surface area (Å²) in [6.07, 6.45) is 0.924. The van der Waals surface area contributed by atoms with Crippen molar-refractivity contribution in [2.24, 2.45) is 0 Å². The summed E-state index contributed by atoms with van der Waals surface area (Å²) in [6, 6.07) is 2.11. The Labute approximate surface area is 64.1 Å². The topological polar surface area (TPSA) is 36.7 Å². The van der Waals surface area contributed by atoms with Gasteiger partial charge in [0.2, 0.25) is 0 Å². The first-order valence-corrected chi connectivity index (χ1v) is 3.96. The van der Waals surface area contributed by atoms with E-state index in [0.717, 1.165) is 22.0 Å². The molecule has 1 heterocycles. The lowest BCUT2D eigenvalue weighted by molar-refractivity contribution is 1.07. The second kappa shape index (κ2) is 2.80. The summed E-state index contributed by atoms with van der Waals surface area (Å²) in [4.78, 5) is 4.94. The van der Waals surface area contributed by atoms with E-state index in [-0.39, 0.29) is 0 Å². The fraction of sp³-hybridized carbons (Fsp3) is 0.429. The lowest BCUT2D eigenvalue weighted by Gasteiger charge is -1.79. The van der Waals surface area contributed by atoms with Crippen LogP contribution in [0.3, 0.4) is 0 Å². The number of nitrogens with zero attached hydrogens (tertiary/aromatic N) is 2. The highest BCUT2D eigenvalue weighted by Crippen LogP contribution is 2.16. The van der Waals surface area contributed by atoms with Crippen LogP contribution < -0.4 is 0 Å². The molecule has 0 spiro atoms. The van der Waals surface area contributed by atoms with Crippen molar-refractivity contribution in [3.05, 3.63) is 15.6 Å². The molecule has 2 nitrogen and oxygen atoms in total. The van der Waals surface area contributed by atoms with Crippen LogP contribution in [0, 0.1) is 18.3 Å². The molecule has 0 N–H and O–H groups in total. The zero-order chi connectivity index (χ0) is 7.56. The number of thiazole rings is 1. The second-order valence-corrected chi connectivity index (χ2v) is 3.07. The van der Waals surface area contributed by atoms with Gasteiger partial charge in [0.05, 0.1) is 10.7 Å². The molecule has 0 amide bonds. The highest BCUT2D eigenvalue weighted by molar-refractivity contribution is 7.12. The zero-order valence-corrected chi connectivity index (χ0v) is 6.83. The van der Waals surface area contributed by atoms with Gasteiger partial charge in [-0.25, -0.2) is 4.98 Å². The van der Waals surface area contributed by atoms with Gasteiger partial charge in [-0.05, 0) is 13.3 Å². The Morgan fingerprint density at radius 1 is 1.70 bits per heavy atom. The Morgan fingerprint density at radius 3 is 2.70 bits per heavy atom. The largest absolute Gasteiger partial charge is 0.245 e. The first-order chi connectivity index (χ1) is 4.77. The third kappa shape index (κ3) is 1.17. The molecule has 0 aliphatic heterocycles. The summed E-state index contributed by atoms with van der Waals surface area (Å²) in [6.45, 7) is 3.91. The van der Waals surface area contributed by atoms with Crippen molar-refractivity contribution in [1.82, 2.24) is 4.98 Å². The van der Waals surface area contributed by atoms with Gasteiger partial charge in [-0.15, -0.1) is 11.3 Å². The number of hydrogen-bond acceptors (Lipinski definition) is 3. The van der Waals surface area contributed by atoms with Crippen LogP contribution >= 0.6 is 11.3 Å². The van der Waals surface area contributed by atoms with Crippen molar-refractivity contribution in [3.63, 3.8) is 0 Å². The minimum atomic E-state index is 0.747. The van der Waals surface area contributed by atoms with Crippen LogP contribution in [0.4, 0.5) is 0 Å². The van der Waals surface area contributed by atoms with Crippen LogP contribution in [0.25, 0.3) is 0 Å². The highest BCUT2D eigenvalue weighted by atomic mass is 32.1. The van der Waals surface area contributed by atoms with Crippen LogP contribution in [0.15, 0.2) is 0 Å². The molecule has 0 radical (unpaired) electrons. The maximum absolute atomic E-state index is 8.55. The molecule has 1 aromatic heterocycles. The van der Waals surface area contributed by atoms with E-state index in [1.54, 1.807) is 0 Å². The normalized spacial score (nSPS) is 9.30. The lowest BCUT2D eigenvalue weighted by Crippen LogP contribution is -1.76. The zero-order valence-electron chi connectivity index (χ0n) is 6.01. The van der Waals surface area contributed by atoms with Crippen molar-refractivity contribution in [2.45, 2.75) is 20.3 Å². The molecule has 1 rings (SSSR count). The Morgan fingerprint density at radius 2 is 2.40 bits per heavy atom. The van der Waals surface area contributed by atoms with Crippen molar-refractivity contribution in [3.8, 4) is 6.07 Å². The van der Waals surface area contributed by atoms with E-state index in [1.165, 1.54) is 11.3 Å². The fourth-order valence-corrected chi connectivity index (χ4v) is 1.51. The van der Waals surface area contributed by atoms with Crippen molar-refractivity contribution < 1.29 is 0 Å². The van der Waals surface area contributed by atoms with Crippen LogP contribution in [0.2, 0.25) is 0 Å². The van der Waals surface area contributed by atoms with Gasteiger partial charge in [0, 0.05) is 0 Å². The molecule has 0 atom stereocenters. The maximum Gasteiger partial charge on any atom is 0.127 e. The van der Waals surface area contributed by atoms with E-state index in [0.29, 0.717) is 0 Å². The summed E-state index contributed by atoms with van der Waals surface area (Å²) in [7, 11) is 0. The second-order valence-electron chi connectivity index (χ2n) is 1.99. The van der Waals surface area contributed by atoms with E-state index in [2.05, 4.69) is 11.1 Å². The smallest absolute Gasteiger partial charge is 0.127 e. The van der Waals surface area contributed by atoms with Gasteiger partial charge >= 0.3 is 0 Å². The molecular weight excluding hydrogens is 144 g/mol. The molecule has 0 aliphatic rings. The first kappa shape index (κ1) is 7.23. The van der Waals surface area contributed by atoms with E-state index in [9.17, 15) is 0 Å². The van der Waals surface area contributed by atoms with Crippen molar-refractivity contribution in [2.75, 3.05) is 0 Å². The van der Waals surface area contributed by atoms with Gasteiger partial charge < -0.3 is 0 Å². The molecule has 0 fully saturated rings. The predicted octanol–water partition coefficient (Wildman–Crippen LogP) is 1.89. The summed E-state index contributed by atoms with van der Waals surface area (Å²) in [5.41, 5.74) is 0.865. The predicted molar refractivity (Wildman–Crippen MR) is 40.9 cm³/mol. The minimum Gasteiger partial charge on any atom is -0.245 e. The molecule has 52 valence electrons.